The van der Waals surface area contributed by atoms with Crippen LogP contribution in [0.2, 0.25) is 0 Å². The second-order valence-electron chi connectivity index (χ2n) is 8.94. The molecule has 3 saturated heterocycles. The Kier molecular flexibility index (Phi) is 7.91. The molecule has 2 amide bonds. The molecule has 0 radical (unpaired) electrons. The molecular weight excluding hydrogens is 410 g/mol. The zero-order chi connectivity index (χ0) is 21.6. The van der Waals surface area contributed by atoms with Gasteiger partial charge in [-0.05, 0) is 51.2 Å². The number of piperazine rings is 1. The maximum absolute atomic E-state index is 13.2. The number of amides is 2. The summed E-state index contributed by atoms with van der Waals surface area (Å²) in [4.78, 5) is 33.2. The second-order valence-corrected chi connectivity index (χ2v) is 10.0. The van der Waals surface area contributed by atoms with Crippen molar-refractivity contribution in [2.75, 3.05) is 51.6 Å². The lowest BCUT2D eigenvalue weighted by atomic mass is 10.0. The van der Waals surface area contributed by atoms with Crippen LogP contribution < -0.4 is 0 Å². The number of thioether (sulfide) groups is 1. The number of hydrogen-bond acceptors (Lipinski definition) is 5. The number of rotatable bonds is 6. The second kappa shape index (κ2) is 10.8. The molecular formula is C24H35N3O3S. The summed E-state index contributed by atoms with van der Waals surface area (Å²) in [7, 11) is 0. The summed E-state index contributed by atoms with van der Waals surface area (Å²) in [5.41, 5.74) is 0.789. The van der Waals surface area contributed by atoms with Crippen LogP contribution >= 0.6 is 11.8 Å². The van der Waals surface area contributed by atoms with Crippen molar-refractivity contribution >= 4 is 23.6 Å². The predicted molar refractivity (Wildman–Crippen MR) is 124 cm³/mol. The Hall–Kier alpha value is -1.57. The Morgan fingerprint density at radius 1 is 1.03 bits per heavy atom. The minimum Gasteiger partial charge on any atom is -0.377 e. The molecule has 0 aromatic heterocycles. The number of benzene rings is 1. The van der Waals surface area contributed by atoms with Gasteiger partial charge in [0.15, 0.2) is 0 Å². The standard InChI is InChI=1S/C24H35N3O3S/c1-19-7-4-5-11-27(19)23(28)17-25-12-14-26(15-13-25)24(29)21-9-2-3-10-22(21)31-18-20-8-6-16-30-20/h2-3,9-10,19-20H,4-8,11-18H2,1H3. The summed E-state index contributed by atoms with van der Waals surface area (Å²) in [6, 6.07) is 8.28. The van der Waals surface area contributed by atoms with Crippen LogP contribution in [0.25, 0.3) is 0 Å². The highest BCUT2D eigenvalue weighted by Crippen LogP contribution is 2.28. The average molecular weight is 446 g/mol. The predicted octanol–water partition coefficient (Wildman–Crippen LogP) is 3.12. The first-order chi connectivity index (χ1) is 15.1. The van der Waals surface area contributed by atoms with Gasteiger partial charge in [-0.25, -0.2) is 0 Å². The van der Waals surface area contributed by atoms with E-state index in [1.165, 1.54) is 6.42 Å². The largest absolute Gasteiger partial charge is 0.377 e. The number of nitrogens with zero attached hydrogens (tertiary/aromatic N) is 3. The minimum absolute atomic E-state index is 0.103. The summed E-state index contributed by atoms with van der Waals surface area (Å²) in [6.45, 7) is 7.23. The van der Waals surface area contributed by atoms with E-state index in [4.69, 9.17) is 4.74 Å². The van der Waals surface area contributed by atoms with E-state index in [0.717, 1.165) is 68.1 Å². The van der Waals surface area contributed by atoms with Crippen molar-refractivity contribution in [2.45, 2.75) is 56.1 Å². The monoisotopic (exact) mass is 445 g/mol. The topological polar surface area (TPSA) is 53.1 Å². The third-order valence-electron chi connectivity index (χ3n) is 6.71. The molecule has 3 aliphatic heterocycles. The highest BCUT2D eigenvalue weighted by Gasteiger charge is 2.28. The molecule has 7 heteroatoms. The Morgan fingerprint density at radius 2 is 1.84 bits per heavy atom. The SMILES string of the molecule is CC1CCCCN1C(=O)CN1CCN(C(=O)c2ccccc2SCC2CCCO2)CC1. The van der Waals surface area contributed by atoms with Crippen LogP contribution in [0.4, 0.5) is 0 Å². The normalized spacial score (nSPS) is 25.1. The van der Waals surface area contributed by atoms with Crippen molar-refractivity contribution in [3.63, 3.8) is 0 Å². The summed E-state index contributed by atoms with van der Waals surface area (Å²) in [6.07, 6.45) is 5.99. The van der Waals surface area contributed by atoms with Gasteiger partial charge in [-0.3, -0.25) is 14.5 Å². The summed E-state index contributed by atoms with van der Waals surface area (Å²) in [5.74, 6) is 1.24. The molecule has 2 atom stereocenters. The van der Waals surface area contributed by atoms with Gasteiger partial charge in [-0.2, -0.15) is 0 Å². The van der Waals surface area contributed by atoms with Gasteiger partial charge in [0, 0.05) is 56.0 Å². The molecule has 3 heterocycles. The number of piperidine rings is 1. The molecule has 0 aliphatic carbocycles. The van der Waals surface area contributed by atoms with Crippen LogP contribution in [-0.2, 0) is 9.53 Å². The molecule has 6 nitrogen and oxygen atoms in total. The Labute approximate surface area is 190 Å². The quantitative estimate of drug-likeness (QED) is 0.630. The van der Waals surface area contributed by atoms with Crippen LogP contribution in [0.15, 0.2) is 29.2 Å². The fourth-order valence-corrected chi connectivity index (χ4v) is 5.87. The lowest BCUT2D eigenvalue weighted by Crippen LogP contribution is -2.53. The highest BCUT2D eigenvalue weighted by molar-refractivity contribution is 7.99. The zero-order valence-corrected chi connectivity index (χ0v) is 19.4. The van der Waals surface area contributed by atoms with Gasteiger partial charge in [-0.15, -0.1) is 11.8 Å². The van der Waals surface area contributed by atoms with Crippen molar-refractivity contribution in [3.05, 3.63) is 29.8 Å². The number of carbonyl (C=O) groups is 2. The lowest BCUT2D eigenvalue weighted by Gasteiger charge is -2.38. The Bertz CT molecular complexity index is 760. The Morgan fingerprint density at radius 3 is 2.58 bits per heavy atom. The van der Waals surface area contributed by atoms with Crippen molar-refractivity contribution in [1.29, 1.82) is 0 Å². The van der Waals surface area contributed by atoms with Gasteiger partial charge in [0.05, 0.1) is 18.2 Å². The van der Waals surface area contributed by atoms with Crippen molar-refractivity contribution in [1.82, 2.24) is 14.7 Å². The van der Waals surface area contributed by atoms with Gasteiger partial charge < -0.3 is 14.5 Å². The fourth-order valence-electron chi connectivity index (χ4n) is 4.76. The van der Waals surface area contributed by atoms with Gasteiger partial charge >= 0.3 is 0 Å². The summed E-state index contributed by atoms with van der Waals surface area (Å²) >= 11 is 1.73. The number of hydrogen-bond donors (Lipinski definition) is 0. The molecule has 3 aliphatic rings. The number of ether oxygens (including phenoxy) is 1. The number of carbonyl (C=O) groups excluding carboxylic acids is 2. The third kappa shape index (κ3) is 5.82. The molecule has 1 aromatic rings. The van der Waals surface area contributed by atoms with E-state index in [9.17, 15) is 9.59 Å². The van der Waals surface area contributed by atoms with Crippen molar-refractivity contribution in [3.8, 4) is 0 Å². The first kappa shape index (κ1) is 22.6. The first-order valence-electron chi connectivity index (χ1n) is 11.8. The third-order valence-corrected chi connectivity index (χ3v) is 7.91. The molecule has 1 aromatic carbocycles. The molecule has 31 heavy (non-hydrogen) atoms. The van der Waals surface area contributed by atoms with Crippen molar-refractivity contribution in [2.24, 2.45) is 0 Å². The lowest BCUT2D eigenvalue weighted by molar-refractivity contribution is -0.136. The molecule has 4 rings (SSSR count). The van der Waals surface area contributed by atoms with E-state index in [0.29, 0.717) is 31.8 Å². The van der Waals surface area contributed by atoms with Crippen LogP contribution in [0.1, 0.15) is 49.4 Å². The smallest absolute Gasteiger partial charge is 0.255 e. The molecule has 170 valence electrons. The molecule has 0 saturated carbocycles. The molecule has 0 spiro atoms. The van der Waals surface area contributed by atoms with E-state index in [1.54, 1.807) is 11.8 Å². The molecule has 3 fully saturated rings. The minimum atomic E-state index is 0.103. The van der Waals surface area contributed by atoms with Gasteiger partial charge in [0.25, 0.3) is 5.91 Å². The van der Waals surface area contributed by atoms with Gasteiger partial charge in [-0.1, -0.05) is 12.1 Å². The summed E-state index contributed by atoms with van der Waals surface area (Å²) in [5, 5.41) is 0. The summed E-state index contributed by atoms with van der Waals surface area (Å²) < 4.78 is 5.73. The van der Waals surface area contributed by atoms with Crippen LogP contribution in [0.3, 0.4) is 0 Å². The maximum Gasteiger partial charge on any atom is 0.255 e. The highest BCUT2D eigenvalue weighted by atomic mass is 32.2. The molecule has 0 bridgehead atoms. The van der Waals surface area contributed by atoms with E-state index < -0.39 is 0 Å². The average Bonchev–Trinajstić information content (AvgIpc) is 3.32. The zero-order valence-electron chi connectivity index (χ0n) is 18.6. The van der Waals surface area contributed by atoms with Crippen molar-refractivity contribution < 1.29 is 14.3 Å². The van der Waals surface area contributed by atoms with Gasteiger partial charge in [0.1, 0.15) is 0 Å². The first-order valence-corrected chi connectivity index (χ1v) is 12.7. The molecule has 0 N–H and O–H groups in total. The fraction of sp³-hybridized carbons (Fsp3) is 0.667. The molecule has 2 unspecified atom stereocenters. The van der Waals surface area contributed by atoms with Crippen LogP contribution in [0, 0.1) is 0 Å². The van der Waals surface area contributed by atoms with Gasteiger partial charge in [0.2, 0.25) is 5.91 Å². The Balaban J connectivity index is 1.28. The van der Waals surface area contributed by atoms with E-state index in [1.807, 2.05) is 34.1 Å². The van der Waals surface area contributed by atoms with E-state index in [2.05, 4.69) is 11.8 Å². The number of likely N-dealkylation sites (tertiary alicyclic amines) is 1. The van der Waals surface area contributed by atoms with Crippen LogP contribution in [0.5, 0.6) is 0 Å². The van der Waals surface area contributed by atoms with Crippen LogP contribution in [-0.4, -0.2) is 90.3 Å². The maximum atomic E-state index is 13.2. The van der Waals surface area contributed by atoms with E-state index >= 15 is 0 Å². The van der Waals surface area contributed by atoms with E-state index in [-0.39, 0.29) is 11.8 Å².